The number of carbonyl (C=O) groups is 1. The summed E-state index contributed by atoms with van der Waals surface area (Å²) in [6.07, 6.45) is 0. The van der Waals surface area contributed by atoms with Gasteiger partial charge in [-0.1, -0.05) is 0 Å². The van der Waals surface area contributed by atoms with Crippen LogP contribution in [-0.2, 0) is 24.4 Å². The number of hydrogen-bond donors (Lipinski definition) is 4. The van der Waals surface area contributed by atoms with Crippen molar-refractivity contribution in [2.75, 3.05) is 23.4 Å². The molecule has 2 rings (SSSR count). The first-order valence-corrected chi connectivity index (χ1v) is 10.8. The van der Waals surface area contributed by atoms with E-state index in [1.165, 1.54) is 36.4 Å². The van der Waals surface area contributed by atoms with Gasteiger partial charge in [0, 0.05) is 5.69 Å². The van der Waals surface area contributed by atoms with Crippen LogP contribution in [0.5, 0.6) is 0 Å². The molecule has 0 bridgehead atoms. The fraction of sp³-hybridized carbons (Fsp3) is 0.133. The summed E-state index contributed by atoms with van der Waals surface area (Å²) in [6, 6.07) is 8.95. The molecule has 0 spiro atoms. The monoisotopic (exact) mass is 443 g/mol. The number of hydrogen-bond acceptors (Lipinski definition) is 9. The topological polar surface area (TPSA) is 204 Å². The number of carbonyl (C=O) groups excluding carboxylic acids is 1. The maximum absolute atomic E-state index is 12.1. The molecule has 0 saturated heterocycles. The quantitative estimate of drug-likeness (QED) is 0.268. The van der Waals surface area contributed by atoms with Crippen LogP contribution in [0.3, 0.4) is 0 Å². The van der Waals surface area contributed by atoms with Crippen LogP contribution in [-0.4, -0.2) is 39.8 Å². The molecule has 29 heavy (non-hydrogen) atoms. The normalized spacial score (nSPS) is 12.2. The number of nitrogens with one attached hydrogen (secondary N) is 1. The summed E-state index contributed by atoms with van der Waals surface area (Å²) < 4.78 is 57.6. The summed E-state index contributed by atoms with van der Waals surface area (Å²) in [6.45, 7) is -0.727. The molecule has 2 aromatic rings. The maximum atomic E-state index is 12.1. The van der Waals surface area contributed by atoms with Crippen molar-refractivity contribution in [1.29, 1.82) is 0 Å². The third-order valence-corrected chi connectivity index (χ3v) is 5.49. The number of nitrogens with two attached hydrogens (primary N) is 2. The second-order valence-corrected chi connectivity index (χ2v) is 8.73. The zero-order valence-corrected chi connectivity index (χ0v) is 16.4. The largest absolute Gasteiger partial charge is 0.399 e. The lowest BCUT2D eigenvalue weighted by molar-refractivity contribution is 0.259. The van der Waals surface area contributed by atoms with Crippen LogP contribution in [0.1, 0.15) is 0 Å². The van der Waals surface area contributed by atoms with Crippen molar-refractivity contribution in [1.82, 2.24) is 0 Å². The molecule has 0 aliphatic rings. The predicted molar refractivity (Wildman–Crippen MR) is 104 cm³/mol. The second-order valence-electron chi connectivity index (χ2n) is 5.53. The fourth-order valence-corrected chi connectivity index (χ4v) is 3.56. The fourth-order valence-electron chi connectivity index (χ4n) is 2.07. The van der Waals surface area contributed by atoms with Crippen molar-refractivity contribution in [3.8, 4) is 0 Å². The van der Waals surface area contributed by atoms with Crippen molar-refractivity contribution in [3.63, 3.8) is 0 Å². The van der Waals surface area contributed by atoms with Gasteiger partial charge in [0.25, 0.3) is 0 Å². The van der Waals surface area contributed by atoms with Crippen molar-refractivity contribution >= 4 is 49.0 Å². The number of anilines is 2. The summed E-state index contributed by atoms with van der Waals surface area (Å²) >= 11 is 0. The van der Waals surface area contributed by atoms with Gasteiger partial charge in [-0.15, -0.1) is 5.11 Å². The van der Waals surface area contributed by atoms with E-state index in [0.717, 1.165) is 0 Å². The SMILES string of the molecule is NC(=O)Nc1cc(N)ccc1/N=N/c1ccc(S(=O)(=O)CCOS(=O)(=O)O)cc1. The van der Waals surface area contributed by atoms with Gasteiger partial charge < -0.3 is 16.8 Å². The molecule has 0 aliphatic heterocycles. The summed E-state index contributed by atoms with van der Waals surface area (Å²) in [7, 11) is -8.56. The van der Waals surface area contributed by atoms with E-state index >= 15 is 0 Å². The Morgan fingerprint density at radius 2 is 1.72 bits per heavy atom. The van der Waals surface area contributed by atoms with Gasteiger partial charge >= 0.3 is 16.4 Å². The molecule has 156 valence electrons. The number of benzene rings is 2. The highest BCUT2D eigenvalue weighted by molar-refractivity contribution is 7.91. The van der Waals surface area contributed by atoms with E-state index in [4.69, 9.17) is 16.0 Å². The number of primary amides is 1. The molecule has 0 atom stereocenters. The zero-order valence-electron chi connectivity index (χ0n) is 14.7. The van der Waals surface area contributed by atoms with Crippen LogP contribution in [0.2, 0.25) is 0 Å². The molecule has 0 aromatic heterocycles. The van der Waals surface area contributed by atoms with E-state index in [0.29, 0.717) is 11.4 Å². The predicted octanol–water partition coefficient (Wildman–Crippen LogP) is 1.77. The van der Waals surface area contributed by atoms with Crippen LogP contribution in [0.25, 0.3) is 0 Å². The molecule has 0 fully saturated rings. The van der Waals surface area contributed by atoms with Crippen LogP contribution in [0.4, 0.5) is 27.5 Å². The number of nitrogens with zero attached hydrogens (tertiary/aromatic N) is 2. The standard InChI is InChI=1S/C15H17N5O7S2/c16-10-1-6-13(14(9-10)18-15(17)21)20-19-11-2-4-12(5-3-11)28(22,23)8-7-27-29(24,25)26/h1-6,9H,7-8,16H2,(H3,17,18,21)(H,24,25,26)/b20-19+. The van der Waals surface area contributed by atoms with E-state index in [1.807, 2.05) is 0 Å². The first-order chi connectivity index (χ1) is 13.5. The molecule has 0 unspecified atom stereocenters. The minimum absolute atomic E-state index is 0.0982. The lowest BCUT2D eigenvalue weighted by Crippen LogP contribution is -2.19. The molecule has 12 nitrogen and oxygen atoms in total. The molecule has 14 heteroatoms. The van der Waals surface area contributed by atoms with Gasteiger partial charge in [-0.3, -0.25) is 4.55 Å². The summed E-state index contributed by atoms with van der Waals surface area (Å²) in [5, 5.41) is 10.3. The van der Waals surface area contributed by atoms with Crippen molar-refractivity contribution < 1.29 is 30.4 Å². The highest BCUT2D eigenvalue weighted by atomic mass is 32.3. The smallest absolute Gasteiger partial charge is 0.397 e. The van der Waals surface area contributed by atoms with Crippen molar-refractivity contribution in [2.45, 2.75) is 4.90 Å². The Bertz CT molecular complexity index is 1130. The molecule has 2 aromatic carbocycles. The van der Waals surface area contributed by atoms with Crippen molar-refractivity contribution in [3.05, 3.63) is 42.5 Å². The molecule has 0 radical (unpaired) electrons. The van der Waals surface area contributed by atoms with Gasteiger partial charge in [0.2, 0.25) is 0 Å². The first kappa shape index (κ1) is 22.2. The Morgan fingerprint density at radius 1 is 1.07 bits per heavy atom. The minimum Gasteiger partial charge on any atom is -0.399 e. The van der Waals surface area contributed by atoms with Crippen LogP contribution in [0, 0.1) is 0 Å². The second kappa shape index (κ2) is 8.95. The lowest BCUT2D eigenvalue weighted by Gasteiger charge is -2.06. The Balaban J connectivity index is 2.14. The average Bonchev–Trinajstić information content (AvgIpc) is 2.59. The van der Waals surface area contributed by atoms with Gasteiger partial charge in [-0.05, 0) is 42.5 Å². The van der Waals surface area contributed by atoms with Crippen LogP contribution >= 0.6 is 0 Å². The van der Waals surface area contributed by atoms with E-state index < -0.39 is 38.6 Å². The third kappa shape index (κ3) is 7.11. The van der Waals surface area contributed by atoms with Gasteiger partial charge in [0.15, 0.2) is 9.84 Å². The Hall–Kier alpha value is -3.07. The first-order valence-electron chi connectivity index (χ1n) is 7.79. The average molecular weight is 443 g/mol. The highest BCUT2D eigenvalue weighted by Gasteiger charge is 2.16. The summed E-state index contributed by atoms with van der Waals surface area (Å²) in [5.74, 6) is -0.652. The number of nitrogen functional groups attached to an aromatic ring is 1. The van der Waals surface area contributed by atoms with E-state index in [1.54, 1.807) is 6.07 Å². The maximum Gasteiger partial charge on any atom is 0.397 e. The Labute approximate surface area is 166 Å². The molecular weight excluding hydrogens is 426 g/mol. The van der Waals surface area contributed by atoms with Crippen molar-refractivity contribution in [2.24, 2.45) is 16.0 Å². The minimum atomic E-state index is -4.72. The summed E-state index contributed by atoms with van der Waals surface area (Å²) in [4.78, 5) is 11.0. The van der Waals surface area contributed by atoms with Gasteiger partial charge in [-0.2, -0.15) is 13.5 Å². The molecular formula is C15H17N5O7S2. The number of urea groups is 1. The molecule has 6 N–H and O–H groups in total. The molecule has 2 amide bonds. The van der Waals surface area contributed by atoms with Crippen LogP contribution in [0.15, 0.2) is 57.6 Å². The van der Waals surface area contributed by atoms with E-state index in [-0.39, 0.29) is 16.3 Å². The number of azo groups is 1. The highest BCUT2D eigenvalue weighted by Crippen LogP contribution is 2.29. The lowest BCUT2D eigenvalue weighted by atomic mass is 10.2. The number of sulfone groups is 1. The number of rotatable bonds is 8. The van der Waals surface area contributed by atoms with Gasteiger partial charge in [0.1, 0.15) is 5.69 Å². The number of amides is 2. The van der Waals surface area contributed by atoms with E-state index in [2.05, 4.69) is 19.7 Å². The van der Waals surface area contributed by atoms with Crippen LogP contribution < -0.4 is 16.8 Å². The zero-order chi connectivity index (χ0) is 21.7. The molecule has 0 heterocycles. The Morgan fingerprint density at radius 3 is 2.31 bits per heavy atom. The molecule has 0 aliphatic carbocycles. The molecule has 0 saturated carbocycles. The third-order valence-electron chi connectivity index (χ3n) is 3.33. The summed E-state index contributed by atoms with van der Waals surface area (Å²) in [5.41, 5.74) is 11.9. The van der Waals surface area contributed by atoms with Gasteiger partial charge in [-0.25, -0.2) is 17.4 Å². The van der Waals surface area contributed by atoms with E-state index in [9.17, 15) is 21.6 Å². The Kier molecular flexibility index (Phi) is 6.86. The van der Waals surface area contributed by atoms with Gasteiger partial charge in [0.05, 0.1) is 28.6 Å².